The smallest absolute Gasteiger partial charge is 0.303 e. The molecule has 0 bridgehead atoms. The van der Waals surface area contributed by atoms with Crippen LogP contribution in [-0.2, 0) is 4.79 Å². The number of carboxylic acid groups (broad SMARTS) is 1. The van der Waals surface area contributed by atoms with Crippen molar-refractivity contribution in [2.75, 3.05) is 6.54 Å². The molecule has 0 spiro atoms. The lowest BCUT2D eigenvalue weighted by atomic mass is 9.90. The van der Waals surface area contributed by atoms with Crippen molar-refractivity contribution in [2.45, 2.75) is 20.3 Å². The van der Waals surface area contributed by atoms with E-state index in [9.17, 15) is 4.79 Å². The van der Waals surface area contributed by atoms with E-state index >= 15 is 0 Å². The molecule has 0 saturated heterocycles. The van der Waals surface area contributed by atoms with Gasteiger partial charge in [0.1, 0.15) is 0 Å². The summed E-state index contributed by atoms with van der Waals surface area (Å²) in [4.78, 5) is 14.1. The minimum absolute atomic E-state index is 0.00605. The zero-order chi connectivity index (χ0) is 9.78. The fraction of sp³-hybridized carbons (Fsp3) is 0.714. The minimum Gasteiger partial charge on any atom is -0.481 e. The molecule has 0 radical (unpaired) electrons. The van der Waals surface area contributed by atoms with E-state index in [4.69, 9.17) is 16.6 Å². The number of hydrogen-bond donors (Lipinski definition) is 3. The van der Waals surface area contributed by atoms with Crippen molar-refractivity contribution in [3.63, 3.8) is 0 Å². The van der Waals surface area contributed by atoms with Gasteiger partial charge in [-0.3, -0.25) is 9.79 Å². The van der Waals surface area contributed by atoms with E-state index < -0.39 is 11.4 Å². The number of nitrogens with zero attached hydrogens (tertiary/aromatic N) is 1. The van der Waals surface area contributed by atoms with Gasteiger partial charge in [0.25, 0.3) is 0 Å². The van der Waals surface area contributed by atoms with Crippen LogP contribution in [0.25, 0.3) is 0 Å². The van der Waals surface area contributed by atoms with E-state index in [-0.39, 0.29) is 12.4 Å². The van der Waals surface area contributed by atoms with Gasteiger partial charge in [0.15, 0.2) is 5.96 Å². The third-order valence-electron chi connectivity index (χ3n) is 1.32. The van der Waals surface area contributed by atoms with Crippen molar-refractivity contribution < 1.29 is 9.90 Å². The second kappa shape index (κ2) is 3.94. The van der Waals surface area contributed by atoms with E-state index in [1.165, 1.54) is 0 Å². The molecule has 0 fully saturated rings. The highest BCUT2D eigenvalue weighted by atomic mass is 16.4. The van der Waals surface area contributed by atoms with Gasteiger partial charge in [0.2, 0.25) is 0 Å². The number of carboxylic acids is 1. The van der Waals surface area contributed by atoms with Crippen LogP contribution in [0.3, 0.4) is 0 Å². The molecule has 5 heteroatoms. The Labute approximate surface area is 71.5 Å². The number of rotatable bonds is 4. The van der Waals surface area contributed by atoms with Crippen molar-refractivity contribution in [1.82, 2.24) is 0 Å². The molecule has 0 unspecified atom stereocenters. The van der Waals surface area contributed by atoms with Gasteiger partial charge in [-0.1, -0.05) is 13.8 Å². The summed E-state index contributed by atoms with van der Waals surface area (Å²) in [6.45, 7) is 3.93. The summed E-state index contributed by atoms with van der Waals surface area (Å²) < 4.78 is 0. The lowest BCUT2D eigenvalue weighted by molar-refractivity contribution is -0.139. The Morgan fingerprint density at radius 3 is 2.33 bits per heavy atom. The lowest BCUT2D eigenvalue weighted by Gasteiger charge is -2.19. The van der Waals surface area contributed by atoms with Gasteiger partial charge < -0.3 is 16.6 Å². The minimum atomic E-state index is -0.842. The quantitative estimate of drug-likeness (QED) is 0.403. The molecule has 0 aliphatic rings. The monoisotopic (exact) mass is 173 g/mol. The maximum absolute atomic E-state index is 10.3. The highest BCUT2D eigenvalue weighted by molar-refractivity contribution is 5.75. The number of nitrogens with two attached hydrogens (primary N) is 2. The molecule has 0 heterocycles. The van der Waals surface area contributed by atoms with Crippen LogP contribution in [0.1, 0.15) is 20.3 Å². The lowest BCUT2D eigenvalue weighted by Crippen LogP contribution is -2.27. The standard InChI is InChI=1S/C7H15N3O2/c1-7(2,3-5(11)12)4-10-6(8)9/h3-4H2,1-2H3,(H,11,12)(H4,8,9,10). The van der Waals surface area contributed by atoms with Crippen LogP contribution in [0.5, 0.6) is 0 Å². The summed E-state index contributed by atoms with van der Waals surface area (Å²) in [6, 6.07) is 0. The van der Waals surface area contributed by atoms with Gasteiger partial charge in [-0.2, -0.15) is 0 Å². The molecule has 5 N–H and O–H groups in total. The van der Waals surface area contributed by atoms with Gasteiger partial charge >= 0.3 is 5.97 Å². The van der Waals surface area contributed by atoms with Crippen LogP contribution in [0.4, 0.5) is 0 Å². The summed E-state index contributed by atoms with van der Waals surface area (Å²) in [5, 5.41) is 8.50. The van der Waals surface area contributed by atoms with Crippen molar-refractivity contribution in [1.29, 1.82) is 0 Å². The summed E-state index contributed by atoms with van der Waals surface area (Å²) in [7, 11) is 0. The predicted octanol–water partition coefficient (Wildman–Crippen LogP) is -0.239. The molecule has 0 aliphatic carbocycles. The van der Waals surface area contributed by atoms with Crippen LogP contribution in [0, 0.1) is 5.41 Å². The van der Waals surface area contributed by atoms with Gasteiger partial charge in [-0.05, 0) is 5.41 Å². The zero-order valence-electron chi connectivity index (χ0n) is 7.37. The van der Waals surface area contributed by atoms with Crippen LogP contribution >= 0.6 is 0 Å². The molecule has 0 aromatic rings. The first-order valence-electron chi connectivity index (χ1n) is 3.61. The zero-order valence-corrected chi connectivity index (χ0v) is 7.37. The van der Waals surface area contributed by atoms with E-state index in [0.29, 0.717) is 6.54 Å². The van der Waals surface area contributed by atoms with Crippen LogP contribution < -0.4 is 11.5 Å². The Morgan fingerprint density at radius 1 is 1.50 bits per heavy atom. The van der Waals surface area contributed by atoms with Crippen molar-refractivity contribution in [2.24, 2.45) is 21.9 Å². The summed E-state index contributed by atoms with van der Waals surface area (Å²) >= 11 is 0. The maximum Gasteiger partial charge on any atom is 0.303 e. The van der Waals surface area contributed by atoms with E-state index in [0.717, 1.165) is 0 Å². The Bertz CT molecular complexity index is 195. The molecule has 0 atom stereocenters. The SMILES string of the molecule is CC(C)(CN=C(N)N)CC(=O)O. The highest BCUT2D eigenvalue weighted by Gasteiger charge is 2.21. The number of guanidine groups is 1. The van der Waals surface area contributed by atoms with Crippen molar-refractivity contribution in [3.8, 4) is 0 Å². The number of carbonyl (C=O) groups is 1. The van der Waals surface area contributed by atoms with Crippen molar-refractivity contribution >= 4 is 11.9 Å². The average Bonchev–Trinajstić information content (AvgIpc) is 1.81. The first kappa shape index (κ1) is 10.7. The molecular weight excluding hydrogens is 158 g/mol. The summed E-state index contributed by atoms with van der Waals surface area (Å²) in [6.07, 6.45) is 0.0593. The number of aliphatic imine (C=N–C) groups is 1. The summed E-state index contributed by atoms with van der Waals surface area (Å²) in [5.41, 5.74) is 9.83. The highest BCUT2D eigenvalue weighted by Crippen LogP contribution is 2.20. The topological polar surface area (TPSA) is 102 Å². The second-order valence-electron chi connectivity index (χ2n) is 3.48. The number of hydrogen-bond acceptors (Lipinski definition) is 2. The van der Waals surface area contributed by atoms with Gasteiger partial charge in [0, 0.05) is 6.54 Å². The Morgan fingerprint density at radius 2 is 2.00 bits per heavy atom. The molecule has 0 aromatic heterocycles. The molecular formula is C7H15N3O2. The van der Waals surface area contributed by atoms with Gasteiger partial charge in [-0.25, -0.2) is 0 Å². The molecule has 5 nitrogen and oxygen atoms in total. The van der Waals surface area contributed by atoms with E-state index in [2.05, 4.69) is 4.99 Å². The van der Waals surface area contributed by atoms with Crippen LogP contribution in [0.15, 0.2) is 4.99 Å². The Kier molecular flexibility index (Phi) is 3.53. The third-order valence-corrected chi connectivity index (χ3v) is 1.32. The fourth-order valence-corrected chi connectivity index (χ4v) is 0.771. The van der Waals surface area contributed by atoms with Gasteiger partial charge in [-0.15, -0.1) is 0 Å². The molecule has 0 amide bonds. The maximum atomic E-state index is 10.3. The van der Waals surface area contributed by atoms with Gasteiger partial charge in [0.05, 0.1) is 6.42 Å². The third kappa shape index (κ3) is 5.52. The Balaban J connectivity index is 4.04. The van der Waals surface area contributed by atoms with E-state index in [1.54, 1.807) is 13.8 Å². The molecule has 0 saturated carbocycles. The average molecular weight is 173 g/mol. The first-order valence-corrected chi connectivity index (χ1v) is 3.61. The first-order chi connectivity index (χ1) is 5.33. The Hall–Kier alpha value is -1.26. The molecule has 0 rings (SSSR count). The molecule has 70 valence electrons. The predicted molar refractivity (Wildman–Crippen MR) is 46.7 cm³/mol. The summed E-state index contributed by atoms with van der Waals surface area (Å²) in [5.74, 6) is -0.848. The largest absolute Gasteiger partial charge is 0.481 e. The number of aliphatic carboxylic acids is 1. The van der Waals surface area contributed by atoms with Crippen LogP contribution in [0.2, 0.25) is 0 Å². The molecule has 12 heavy (non-hydrogen) atoms. The van der Waals surface area contributed by atoms with E-state index in [1.807, 2.05) is 0 Å². The van der Waals surface area contributed by atoms with Crippen LogP contribution in [-0.4, -0.2) is 23.6 Å². The van der Waals surface area contributed by atoms with Crippen molar-refractivity contribution in [3.05, 3.63) is 0 Å². The fourth-order valence-electron chi connectivity index (χ4n) is 0.771. The molecule has 0 aromatic carbocycles. The second-order valence-corrected chi connectivity index (χ2v) is 3.48. The normalized spacial score (nSPS) is 10.8. The molecule has 0 aliphatic heterocycles.